The standard InChI is InChI=1S/C16H16N4O/c1-2-10-18-15-9-5-8-14(19-15)16(21)20-13-7-4-3-6-12(13)11-17/h3-9H,2,10H2,1H3,(H,18,19)(H,20,21). The zero-order chi connectivity index (χ0) is 15.1. The number of hydrogen-bond donors (Lipinski definition) is 2. The lowest BCUT2D eigenvalue weighted by Crippen LogP contribution is -2.15. The van der Waals surface area contributed by atoms with E-state index in [2.05, 4.69) is 22.5 Å². The quantitative estimate of drug-likeness (QED) is 0.882. The molecule has 2 aromatic rings. The fraction of sp³-hybridized carbons (Fsp3) is 0.188. The van der Waals surface area contributed by atoms with E-state index in [0.717, 1.165) is 13.0 Å². The molecule has 2 rings (SSSR count). The number of hydrogen-bond acceptors (Lipinski definition) is 4. The topological polar surface area (TPSA) is 77.8 Å². The molecule has 106 valence electrons. The molecule has 0 spiro atoms. The number of nitrogens with zero attached hydrogens (tertiary/aromatic N) is 2. The summed E-state index contributed by atoms with van der Waals surface area (Å²) in [6, 6.07) is 14.1. The lowest BCUT2D eigenvalue weighted by molar-refractivity contribution is 0.102. The molecule has 0 fully saturated rings. The first-order valence-electron chi connectivity index (χ1n) is 6.76. The minimum Gasteiger partial charge on any atom is -0.370 e. The molecule has 0 bridgehead atoms. The Morgan fingerprint density at radius 1 is 1.24 bits per heavy atom. The number of amides is 1. The number of anilines is 2. The maximum atomic E-state index is 12.2. The maximum absolute atomic E-state index is 12.2. The molecule has 0 aliphatic rings. The van der Waals surface area contributed by atoms with Crippen LogP contribution in [0.4, 0.5) is 11.5 Å². The summed E-state index contributed by atoms with van der Waals surface area (Å²) < 4.78 is 0. The fourth-order valence-corrected chi connectivity index (χ4v) is 1.79. The molecule has 0 saturated carbocycles. The van der Waals surface area contributed by atoms with Gasteiger partial charge >= 0.3 is 0 Å². The van der Waals surface area contributed by atoms with Crippen molar-refractivity contribution in [2.75, 3.05) is 17.2 Å². The molecule has 5 nitrogen and oxygen atoms in total. The van der Waals surface area contributed by atoms with E-state index < -0.39 is 0 Å². The van der Waals surface area contributed by atoms with Crippen molar-refractivity contribution in [3.63, 3.8) is 0 Å². The number of para-hydroxylation sites is 1. The molecule has 0 aliphatic heterocycles. The lowest BCUT2D eigenvalue weighted by atomic mass is 10.2. The van der Waals surface area contributed by atoms with Crippen molar-refractivity contribution < 1.29 is 4.79 Å². The van der Waals surface area contributed by atoms with E-state index >= 15 is 0 Å². The highest BCUT2D eigenvalue weighted by molar-refractivity contribution is 6.03. The van der Waals surface area contributed by atoms with Gasteiger partial charge in [-0.15, -0.1) is 0 Å². The molecule has 1 aromatic heterocycles. The van der Waals surface area contributed by atoms with Gasteiger partial charge in [0.2, 0.25) is 0 Å². The van der Waals surface area contributed by atoms with Gasteiger partial charge in [-0.1, -0.05) is 25.1 Å². The van der Waals surface area contributed by atoms with E-state index in [0.29, 0.717) is 22.8 Å². The van der Waals surface area contributed by atoms with Gasteiger partial charge in [-0.2, -0.15) is 5.26 Å². The van der Waals surface area contributed by atoms with Gasteiger partial charge in [0.25, 0.3) is 5.91 Å². The number of rotatable bonds is 5. The summed E-state index contributed by atoms with van der Waals surface area (Å²) in [4.78, 5) is 16.5. The van der Waals surface area contributed by atoms with Crippen molar-refractivity contribution in [1.82, 2.24) is 4.98 Å². The van der Waals surface area contributed by atoms with E-state index in [4.69, 9.17) is 5.26 Å². The Bertz CT molecular complexity index is 676. The lowest BCUT2D eigenvalue weighted by Gasteiger charge is -2.08. The molecule has 1 aromatic carbocycles. The molecule has 21 heavy (non-hydrogen) atoms. The van der Waals surface area contributed by atoms with Crippen molar-refractivity contribution in [1.29, 1.82) is 5.26 Å². The number of nitrogens with one attached hydrogen (secondary N) is 2. The number of benzene rings is 1. The Labute approximate surface area is 123 Å². The summed E-state index contributed by atoms with van der Waals surface area (Å²) in [5, 5.41) is 14.9. The fourth-order valence-electron chi connectivity index (χ4n) is 1.79. The minimum atomic E-state index is -0.335. The van der Waals surface area contributed by atoms with Crippen molar-refractivity contribution >= 4 is 17.4 Å². The second-order valence-electron chi connectivity index (χ2n) is 4.45. The van der Waals surface area contributed by atoms with Crippen LogP contribution in [-0.2, 0) is 0 Å². The summed E-state index contributed by atoms with van der Waals surface area (Å²) in [5.74, 6) is 0.330. The average Bonchev–Trinajstić information content (AvgIpc) is 2.53. The Balaban J connectivity index is 2.15. The molecule has 0 unspecified atom stereocenters. The predicted molar refractivity (Wildman–Crippen MR) is 82.1 cm³/mol. The molecular weight excluding hydrogens is 264 g/mol. The van der Waals surface area contributed by atoms with Crippen LogP contribution in [0.3, 0.4) is 0 Å². The number of carbonyl (C=O) groups excluding carboxylic acids is 1. The number of carbonyl (C=O) groups is 1. The number of pyridine rings is 1. The van der Waals surface area contributed by atoms with E-state index in [1.165, 1.54) is 0 Å². The third kappa shape index (κ3) is 3.80. The van der Waals surface area contributed by atoms with Crippen LogP contribution in [0.2, 0.25) is 0 Å². The normalized spacial score (nSPS) is 9.71. The number of nitriles is 1. The van der Waals surface area contributed by atoms with Gasteiger partial charge in [-0.05, 0) is 30.7 Å². The van der Waals surface area contributed by atoms with Gasteiger partial charge in [-0.25, -0.2) is 4.98 Å². The highest BCUT2D eigenvalue weighted by Gasteiger charge is 2.10. The molecular formula is C16H16N4O. The zero-order valence-electron chi connectivity index (χ0n) is 11.8. The van der Waals surface area contributed by atoms with Crippen LogP contribution in [0.25, 0.3) is 0 Å². The van der Waals surface area contributed by atoms with Gasteiger partial charge < -0.3 is 10.6 Å². The van der Waals surface area contributed by atoms with Crippen LogP contribution in [0, 0.1) is 11.3 Å². The molecule has 0 radical (unpaired) electrons. The molecule has 2 N–H and O–H groups in total. The number of aromatic nitrogens is 1. The largest absolute Gasteiger partial charge is 0.370 e. The first kappa shape index (κ1) is 14.5. The van der Waals surface area contributed by atoms with Crippen molar-refractivity contribution in [2.24, 2.45) is 0 Å². The monoisotopic (exact) mass is 280 g/mol. The molecule has 1 amide bonds. The van der Waals surface area contributed by atoms with Gasteiger partial charge in [0, 0.05) is 6.54 Å². The smallest absolute Gasteiger partial charge is 0.274 e. The third-order valence-corrected chi connectivity index (χ3v) is 2.83. The van der Waals surface area contributed by atoms with E-state index in [9.17, 15) is 4.79 Å². The van der Waals surface area contributed by atoms with Gasteiger partial charge in [0.05, 0.1) is 11.3 Å². The van der Waals surface area contributed by atoms with E-state index in [1.807, 2.05) is 12.1 Å². The van der Waals surface area contributed by atoms with Crippen molar-refractivity contribution in [3.05, 3.63) is 53.7 Å². The first-order valence-corrected chi connectivity index (χ1v) is 6.76. The van der Waals surface area contributed by atoms with Gasteiger partial charge in [0.15, 0.2) is 0 Å². The Hall–Kier alpha value is -2.87. The summed E-state index contributed by atoms with van der Waals surface area (Å²) in [7, 11) is 0. The molecule has 0 aliphatic carbocycles. The predicted octanol–water partition coefficient (Wildman–Crippen LogP) is 3.03. The van der Waals surface area contributed by atoms with E-state index in [-0.39, 0.29) is 5.91 Å². The molecule has 0 atom stereocenters. The molecule has 1 heterocycles. The highest BCUT2D eigenvalue weighted by Crippen LogP contribution is 2.15. The molecule has 5 heteroatoms. The van der Waals surface area contributed by atoms with Crippen LogP contribution in [0.15, 0.2) is 42.5 Å². The summed E-state index contributed by atoms with van der Waals surface area (Å²) in [6.45, 7) is 2.86. The average molecular weight is 280 g/mol. The van der Waals surface area contributed by atoms with Gasteiger partial charge in [0.1, 0.15) is 17.6 Å². The van der Waals surface area contributed by atoms with Crippen molar-refractivity contribution in [3.8, 4) is 6.07 Å². The Morgan fingerprint density at radius 2 is 2.05 bits per heavy atom. The minimum absolute atomic E-state index is 0.309. The Morgan fingerprint density at radius 3 is 2.81 bits per heavy atom. The third-order valence-electron chi connectivity index (χ3n) is 2.83. The van der Waals surface area contributed by atoms with Crippen molar-refractivity contribution in [2.45, 2.75) is 13.3 Å². The van der Waals surface area contributed by atoms with Crippen LogP contribution in [0.5, 0.6) is 0 Å². The summed E-state index contributed by atoms with van der Waals surface area (Å²) in [5.41, 5.74) is 1.22. The highest BCUT2D eigenvalue weighted by atomic mass is 16.1. The Kier molecular flexibility index (Phi) is 4.89. The van der Waals surface area contributed by atoms with Crippen LogP contribution in [-0.4, -0.2) is 17.4 Å². The summed E-state index contributed by atoms with van der Waals surface area (Å²) in [6.07, 6.45) is 0.980. The SMILES string of the molecule is CCCNc1cccc(C(=O)Nc2ccccc2C#N)n1. The summed E-state index contributed by atoms with van der Waals surface area (Å²) >= 11 is 0. The second-order valence-corrected chi connectivity index (χ2v) is 4.45. The van der Waals surface area contributed by atoms with E-state index in [1.54, 1.807) is 36.4 Å². The van der Waals surface area contributed by atoms with Crippen LogP contribution < -0.4 is 10.6 Å². The zero-order valence-corrected chi connectivity index (χ0v) is 11.8. The maximum Gasteiger partial charge on any atom is 0.274 e. The van der Waals surface area contributed by atoms with Gasteiger partial charge in [-0.3, -0.25) is 4.79 Å². The van der Waals surface area contributed by atoms with Crippen LogP contribution >= 0.6 is 0 Å². The second kappa shape index (κ2) is 7.06. The first-order chi connectivity index (χ1) is 10.2. The molecule has 0 saturated heterocycles. The van der Waals surface area contributed by atoms with Crippen LogP contribution in [0.1, 0.15) is 29.4 Å².